The predicted octanol–water partition coefficient (Wildman–Crippen LogP) is 1.49. The quantitative estimate of drug-likeness (QED) is 0.689. The third-order valence-corrected chi connectivity index (χ3v) is 2.94. The van der Waals surface area contributed by atoms with Crippen LogP contribution < -0.4 is 5.32 Å². The smallest absolute Gasteiger partial charge is 0.334 e. The Morgan fingerprint density at radius 1 is 1.21 bits per heavy atom. The first kappa shape index (κ1) is 17.9. The van der Waals surface area contributed by atoms with Crippen LogP contribution in [0.2, 0.25) is 0 Å². The second kappa shape index (κ2) is 7.48. The number of hydrogen-bond donors (Lipinski definition) is 2. The molecule has 0 aromatic rings. The number of hydrogen-bond acceptors (Lipinski definition) is 4. The number of ether oxygens (including phenoxy) is 1. The molecule has 0 radical (unpaired) electrons. The van der Waals surface area contributed by atoms with Gasteiger partial charge in [0.05, 0.1) is 13.2 Å². The van der Waals surface area contributed by atoms with Crippen LogP contribution in [-0.2, 0) is 14.3 Å². The first-order valence-electron chi connectivity index (χ1n) is 6.71. The molecule has 2 N–H and O–H groups in total. The second-order valence-electron chi connectivity index (χ2n) is 5.89. The molecule has 0 fully saturated rings. The number of nitrogens with one attached hydrogen (secondary N) is 1. The Kier molecular flexibility index (Phi) is 7.05. The molecule has 2 atom stereocenters. The standard InChI is InChI=1S/C14H27NO4/c1-9(2)7-12(17)14(8-10(3)4,13(18)19-6)15-11(5)16/h9-10,12,17H,7-8H2,1-6H3,(H,15,16)/t12-,14-/m1/s1. The van der Waals surface area contributed by atoms with Gasteiger partial charge in [-0.2, -0.15) is 0 Å². The van der Waals surface area contributed by atoms with E-state index < -0.39 is 17.6 Å². The van der Waals surface area contributed by atoms with Gasteiger partial charge in [0.25, 0.3) is 0 Å². The number of amides is 1. The molecule has 0 unspecified atom stereocenters. The molecule has 112 valence electrons. The maximum absolute atomic E-state index is 12.1. The van der Waals surface area contributed by atoms with Crippen LogP contribution in [0.4, 0.5) is 0 Å². The minimum Gasteiger partial charge on any atom is -0.467 e. The highest BCUT2D eigenvalue weighted by Gasteiger charge is 2.47. The van der Waals surface area contributed by atoms with E-state index in [1.807, 2.05) is 27.7 Å². The molecular formula is C14H27NO4. The van der Waals surface area contributed by atoms with E-state index in [1.165, 1.54) is 14.0 Å². The predicted molar refractivity (Wildman–Crippen MR) is 73.5 cm³/mol. The number of esters is 1. The van der Waals surface area contributed by atoms with E-state index >= 15 is 0 Å². The van der Waals surface area contributed by atoms with Gasteiger partial charge < -0.3 is 15.2 Å². The number of methoxy groups -OCH3 is 1. The van der Waals surface area contributed by atoms with Gasteiger partial charge in [0, 0.05) is 6.92 Å². The summed E-state index contributed by atoms with van der Waals surface area (Å²) in [5.41, 5.74) is -1.36. The molecule has 1 amide bonds. The number of rotatable bonds is 7. The first-order valence-corrected chi connectivity index (χ1v) is 6.71. The molecule has 0 aliphatic heterocycles. The van der Waals surface area contributed by atoms with Gasteiger partial charge in [0.15, 0.2) is 5.54 Å². The van der Waals surface area contributed by atoms with Crippen LogP contribution in [-0.4, -0.2) is 35.7 Å². The highest BCUT2D eigenvalue weighted by molar-refractivity contribution is 5.87. The van der Waals surface area contributed by atoms with Crippen LogP contribution in [0.25, 0.3) is 0 Å². The molecule has 0 spiro atoms. The van der Waals surface area contributed by atoms with Gasteiger partial charge in [0.1, 0.15) is 0 Å². The molecule has 0 heterocycles. The summed E-state index contributed by atoms with van der Waals surface area (Å²) in [7, 11) is 1.27. The zero-order valence-electron chi connectivity index (χ0n) is 12.8. The average molecular weight is 273 g/mol. The summed E-state index contributed by atoms with van der Waals surface area (Å²) in [5, 5.41) is 13.0. The average Bonchev–Trinajstić information content (AvgIpc) is 2.24. The molecule has 5 nitrogen and oxygen atoms in total. The molecule has 0 saturated heterocycles. The zero-order valence-corrected chi connectivity index (χ0v) is 12.8. The first-order chi connectivity index (χ1) is 8.65. The topological polar surface area (TPSA) is 75.6 Å². The molecule has 19 heavy (non-hydrogen) atoms. The Bertz CT molecular complexity index is 315. The monoisotopic (exact) mass is 273 g/mol. The third-order valence-electron chi connectivity index (χ3n) is 2.94. The van der Waals surface area contributed by atoms with Crippen LogP contribution in [0.3, 0.4) is 0 Å². The summed E-state index contributed by atoms with van der Waals surface area (Å²) >= 11 is 0. The minimum atomic E-state index is -1.36. The Morgan fingerprint density at radius 2 is 1.74 bits per heavy atom. The molecule has 0 bridgehead atoms. The number of carbonyl (C=O) groups excluding carboxylic acids is 2. The van der Waals surface area contributed by atoms with Gasteiger partial charge in [0.2, 0.25) is 5.91 Å². The van der Waals surface area contributed by atoms with Crippen LogP contribution in [0.15, 0.2) is 0 Å². The van der Waals surface area contributed by atoms with E-state index in [2.05, 4.69) is 5.32 Å². The van der Waals surface area contributed by atoms with E-state index in [0.29, 0.717) is 12.8 Å². The fourth-order valence-electron chi connectivity index (χ4n) is 2.33. The van der Waals surface area contributed by atoms with Crippen LogP contribution in [0.5, 0.6) is 0 Å². The number of aliphatic hydroxyl groups is 1. The molecular weight excluding hydrogens is 246 g/mol. The van der Waals surface area contributed by atoms with Crippen molar-refractivity contribution in [2.24, 2.45) is 11.8 Å². The molecule has 5 heteroatoms. The van der Waals surface area contributed by atoms with Crippen LogP contribution in [0.1, 0.15) is 47.5 Å². The van der Waals surface area contributed by atoms with E-state index in [1.54, 1.807) is 0 Å². The highest BCUT2D eigenvalue weighted by Crippen LogP contribution is 2.27. The normalized spacial score (nSPS) is 16.1. The zero-order chi connectivity index (χ0) is 15.2. The second-order valence-corrected chi connectivity index (χ2v) is 5.89. The van der Waals surface area contributed by atoms with Gasteiger partial charge in [-0.3, -0.25) is 4.79 Å². The summed E-state index contributed by atoms with van der Waals surface area (Å²) in [5.74, 6) is -0.605. The van der Waals surface area contributed by atoms with Crippen LogP contribution >= 0.6 is 0 Å². The van der Waals surface area contributed by atoms with Gasteiger partial charge in [-0.1, -0.05) is 27.7 Å². The molecule has 0 saturated carbocycles. The Labute approximate surface area is 115 Å². The SMILES string of the molecule is COC(=O)[C@](CC(C)C)(NC(C)=O)[C@H](O)CC(C)C. The molecule has 0 aliphatic rings. The largest absolute Gasteiger partial charge is 0.467 e. The Balaban J connectivity index is 5.45. The van der Waals surface area contributed by atoms with Gasteiger partial charge in [-0.15, -0.1) is 0 Å². The maximum atomic E-state index is 12.1. The van der Waals surface area contributed by atoms with E-state index in [4.69, 9.17) is 4.74 Å². The maximum Gasteiger partial charge on any atom is 0.334 e. The van der Waals surface area contributed by atoms with Crippen molar-refractivity contribution in [1.82, 2.24) is 5.32 Å². The number of carbonyl (C=O) groups is 2. The Hall–Kier alpha value is -1.10. The van der Waals surface area contributed by atoms with Gasteiger partial charge >= 0.3 is 5.97 Å². The highest BCUT2D eigenvalue weighted by atomic mass is 16.5. The molecule has 0 rings (SSSR count). The lowest BCUT2D eigenvalue weighted by Crippen LogP contribution is -2.63. The van der Waals surface area contributed by atoms with Gasteiger partial charge in [-0.05, 0) is 24.7 Å². The van der Waals surface area contributed by atoms with Crippen molar-refractivity contribution in [3.63, 3.8) is 0 Å². The molecule has 0 aromatic carbocycles. The summed E-state index contributed by atoms with van der Waals surface area (Å²) in [6.45, 7) is 9.10. The summed E-state index contributed by atoms with van der Waals surface area (Å²) in [4.78, 5) is 23.6. The summed E-state index contributed by atoms with van der Waals surface area (Å²) in [6, 6.07) is 0. The van der Waals surface area contributed by atoms with E-state index in [9.17, 15) is 14.7 Å². The molecule has 0 aliphatic carbocycles. The van der Waals surface area contributed by atoms with Crippen molar-refractivity contribution in [2.75, 3.05) is 7.11 Å². The lowest BCUT2D eigenvalue weighted by molar-refractivity contribution is -0.158. The lowest BCUT2D eigenvalue weighted by atomic mass is 9.80. The van der Waals surface area contributed by atoms with Gasteiger partial charge in [-0.25, -0.2) is 4.79 Å². The van der Waals surface area contributed by atoms with Crippen LogP contribution in [0, 0.1) is 11.8 Å². The summed E-state index contributed by atoms with van der Waals surface area (Å²) < 4.78 is 4.81. The van der Waals surface area contributed by atoms with Crippen molar-refractivity contribution in [1.29, 1.82) is 0 Å². The third kappa shape index (κ3) is 5.19. The Morgan fingerprint density at radius 3 is 2.05 bits per heavy atom. The lowest BCUT2D eigenvalue weighted by Gasteiger charge is -2.37. The van der Waals surface area contributed by atoms with E-state index in [-0.39, 0.29) is 17.7 Å². The van der Waals surface area contributed by atoms with Crippen molar-refractivity contribution in [3.8, 4) is 0 Å². The van der Waals surface area contributed by atoms with Crippen molar-refractivity contribution >= 4 is 11.9 Å². The summed E-state index contributed by atoms with van der Waals surface area (Å²) in [6.07, 6.45) is -0.207. The van der Waals surface area contributed by atoms with Crippen molar-refractivity contribution < 1.29 is 19.4 Å². The van der Waals surface area contributed by atoms with Crippen molar-refractivity contribution in [2.45, 2.75) is 59.1 Å². The molecule has 0 aromatic heterocycles. The van der Waals surface area contributed by atoms with Crippen molar-refractivity contribution in [3.05, 3.63) is 0 Å². The fraction of sp³-hybridized carbons (Fsp3) is 0.857. The fourth-order valence-corrected chi connectivity index (χ4v) is 2.33. The van der Waals surface area contributed by atoms with E-state index in [0.717, 1.165) is 0 Å². The number of aliphatic hydroxyl groups excluding tert-OH is 1. The minimum absolute atomic E-state index is 0.132.